The summed E-state index contributed by atoms with van der Waals surface area (Å²) in [5.74, 6) is -0.277. The largest absolute Gasteiger partial charge is 0.379 e. The summed E-state index contributed by atoms with van der Waals surface area (Å²) in [6.45, 7) is 10.6. The van der Waals surface area contributed by atoms with Gasteiger partial charge in [0.1, 0.15) is 11.6 Å². The van der Waals surface area contributed by atoms with Crippen molar-refractivity contribution in [2.75, 3.05) is 57.4 Å². The number of ether oxygens (including phenoxy) is 1. The van der Waals surface area contributed by atoms with Crippen molar-refractivity contribution in [3.63, 3.8) is 0 Å². The van der Waals surface area contributed by atoms with Gasteiger partial charge in [0.25, 0.3) is 0 Å². The molecule has 2 heterocycles. The molecule has 0 saturated carbocycles. The third kappa shape index (κ3) is 6.92. The minimum Gasteiger partial charge on any atom is -0.379 e. The van der Waals surface area contributed by atoms with Gasteiger partial charge in [0.2, 0.25) is 0 Å². The molecule has 0 amide bonds. The van der Waals surface area contributed by atoms with Gasteiger partial charge in [0.05, 0.1) is 25.4 Å². The predicted octanol–water partition coefficient (Wildman–Crippen LogP) is 2.44. The highest BCUT2D eigenvalue weighted by Gasteiger charge is 2.25. The van der Waals surface area contributed by atoms with Crippen LogP contribution in [0.1, 0.15) is 20.3 Å². The van der Waals surface area contributed by atoms with Gasteiger partial charge in [0, 0.05) is 50.9 Å². The standard InChI is InChI=1S/C20H31F2N5O.HI/c1-3-23-20(24-13-15(2)26-8-10-28-11-9-26)25-17-6-7-27(14-17)19-5-4-16(21)12-18(19)22;/h4-5,12,15,17H,3,6-11,13-14H2,1-2H3,(H2,23,24,25);1H. The lowest BCUT2D eigenvalue weighted by Crippen LogP contribution is -2.46. The van der Waals surface area contributed by atoms with Crippen LogP contribution in [-0.2, 0) is 4.74 Å². The molecule has 6 nitrogen and oxygen atoms in total. The molecule has 2 aliphatic heterocycles. The molecule has 0 radical (unpaired) electrons. The second-order valence-corrected chi connectivity index (χ2v) is 7.39. The number of nitrogens with one attached hydrogen (secondary N) is 2. The molecule has 0 aromatic heterocycles. The van der Waals surface area contributed by atoms with Crippen molar-refractivity contribution in [2.45, 2.75) is 32.4 Å². The summed E-state index contributed by atoms with van der Waals surface area (Å²) in [6, 6.07) is 4.27. The van der Waals surface area contributed by atoms with Gasteiger partial charge in [-0.3, -0.25) is 9.89 Å². The molecular formula is C20H32F2IN5O. The Hall–Kier alpha value is -1.20. The summed E-state index contributed by atoms with van der Waals surface area (Å²) in [6.07, 6.45) is 0.875. The van der Waals surface area contributed by atoms with Crippen LogP contribution in [0, 0.1) is 11.6 Å². The number of benzene rings is 1. The van der Waals surface area contributed by atoms with Gasteiger partial charge in [-0.25, -0.2) is 8.78 Å². The van der Waals surface area contributed by atoms with Crippen LogP contribution in [0.4, 0.5) is 14.5 Å². The minimum absolute atomic E-state index is 0. The SMILES string of the molecule is CCNC(=NCC(C)N1CCOCC1)NC1CCN(c2ccc(F)cc2F)C1.I. The van der Waals surface area contributed by atoms with E-state index >= 15 is 0 Å². The quantitative estimate of drug-likeness (QED) is 0.341. The predicted molar refractivity (Wildman–Crippen MR) is 123 cm³/mol. The first kappa shape index (κ1) is 24.1. The highest BCUT2D eigenvalue weighted by molar-refractivity contribution is 14.0. The molecule has 1 aromatic carbocycles. The van der Waals surface area contributed by atoms with E-state index in [1.165, 1.54) is 12.1 Å². The highest BCUT2D eigenvalue weighted by atomic mass is 127. The van der Waals surface area contributed by atoms with Gasteiger partial charge in [-0.15, -0.1) is 24.0 Å². The van der Waals surface area contributed by atoms with Crippen LogP contribution in [0.3, 0.4) is 0 Å². The smallest absolute Gasteiger partial charge is 0.191 e. The van der Waals surface area contributed by atoms with Crippen LogP contribution in [0.5, 0.6) is 0 Å². The molecule has 2 saturated heterocycles. The first-order valence-electron chi connectivity index (χ1n) is 10.1. The lowest BCUT2D eigenvalue weighted by atomic mass is 10.2. The fraction of sp³-hybridized carbons (Fsp3) is 0.650. The maximum atomic E-state index is 14.0. The summed E-state index contributed by atoms with van der Waals surface area (Å²) >= 11 is 0. The van der Waals surface area contributed by atoms with Crippen molar-refractivity contribution in [1.82, 2.24) is 15.5 Å². The van der Waals surface area contributed by atoms with E-state index in [1.54, 1.807) is 0 Å². The number of rotatable bonds is 6. The van der Waals surface area contributed by atoms with Crippen LogP contribution in [-0.4, -0.2) is 75.4 Å². The molecular weight excluding hydrogens is 491 g/mol. The summed E-state index contributed by atoms with van der Waals surface area (Å²) in [7, 11) is 0. The van der Waals surface area contributed by atoms with Crippen LogP contribution in [0.25, 0.3) is 0 Å². The summed E-state index contributed by atoms with van der Waals surface area (Å²) in [4.78, 5) is 9.09. The molecule has 2 aliphatic rings. The number of hydrogen-bond donors (Lipinski definition) is 2. The van der Waals surface area contributed by atoms with E-state index in [-0.39, 0.29) is 30.0 Å². The van der Waals surface area contributed by atoms with E-state index in [1.807, 2.05) is 11.8 Å². The van der Waals surface area contributed by atoms with Gasteiger partial charge in [-0.05, 0) is 32.4 Å². The molecule has 2 unspecified atom stereocenters. The zero-order valence-corrected chi connectivity index (χ0v) is 19.5. The van der Waals surface area contributed by atoms with Gasteiger partial charge >= 0.3 is 0 Å². The molecule has 0 bridgehead atoms. The zero-order valence-electron chi connectivity index (χ0n) is 17.2. The van der Waals surface area contributed by atoms with Crippen molar-refractivity contribution >= 4 is 35.6 Å². The van der Waals surface area contributed by atoms with Crippen molar-refractivity contribution in [3.8, 4) is 0 Å². The lowest BCUT2D eigenvalue weighted by molar-refractivity contribution is 0.0220. The van der Waals surface area contributed by atoms with Crippen molar-refractivity contribution in [2.24, 2.45) is 4.99 Å². The molecule has 9 heteroatoms. The maximum Gasteiger partial charge on any atom is 0.191 e. The molecule has 2 N–H and O–H groups in total. The lowest BCUT2D eigenvalue weighted by Gasteiger charge is -2.31. The van der Waals surface area contributed by atoms with Crippen molar-refractivity contribution in [3.05, 3.63) is 29.8 Å². The van der Waals surface area contributed by atoms with Gasteiger partial charge < -0.3 is 20.3 Å². The maximum absolute atomic E-state index is 14.0. The number of aliphatic imine (C=N–C) groups is 1. The number of hydrogen-bond acceptors (Lipinski definition) is 4. The van der Waals surface area contributed by atoms with E-state index in [0.29, 0.717) is 24.8 Å². The topological polar surface area (TPSA) is 52.1 Å². The third-order valence-electron chi connectivity index (χ3n) is 5.31. The Balaban J connectivity index is 0.00000300. The molecule has 2 fully saturated rings. The second kappa shape index (κ2) is 11.8. The number of anilines is 1. The minimum atomic E-state index is -0.550. The molecule has 164 valence electrons. The van der Waals surface area contributed by atoms with Crippen LogP contribution in [0.15, 0.2) is 23.2 Å². The van der Waals surface area contributed by atoms with E-state index in [0.717, 1.165) is 57.8 Å². The normalized spacial score (nSPS) is 21.6. The molecule has 2 atom stereocenters. The average Bonchev–Trinajstić information content (AvgIpc) is 3.15. The number of morpholine rings is 1. The second-order valence-electron chi connectivity index (χ2n) is 7.39. The Morgan fingerprint density at radius 3 is 2.72 bits per heavy atom. The Morgan fingerprint density at radius 2 is 2.03 bits per heavy atom. The number of guanidine groups is 1. The first-order chi connectivity index (χ1) is 13.6. The van der Waals surface area contributed by atoms with E-state index in [2.05, 4.69) is 22.5 Å². The summed E-state index contributed by atoms with van der Waals surface area (Å²) < 4.78 is 32.6. The molecule has 0 spiro atoms. The fourth-order valence-corrected chi connectivity index (χ4v) is 3.71. The molecule has 3 rings (SSSR count). The monoisotopic (exact) mass is 523 g/mol. The zero-order chi connectivity index (χ0) is 19.9. The van der Waals surface area contributed by atoms with Crippen LogP contribution >= 0.6 is 24.0 Å². The van der Waals surface area contributed by atoms with Crippen molar-refractivity contribution in [1.29, 1.82) is 0 Å². The Morgan fingerprint density at radius 1 is 1.28 bits per heavy atom. The van der Waals surface area contributed by atoms with Crippen LogP contribution < -0.4 is 15.5 Å². The molecule has 29 heavy (non-hydrogen) atoms. The Kier molecular flexibility index (Phi) is 9.84. The third-order valence-corrected chi connectivity index (χ3v) is 5.31. The highest BCUT2D eigenvalue weighted by Crippen LogP contribution is 2.24. The average molecular weight is 523 g/mol. The summed E-state index contributed by atoms with van der Waals surface area (Å²) in [5, 5.41) is 6.76. The van der Waals surface area contributed by atoms with E-state index < -0.39 is 11.6 Å². The number of nitrogens with zero attached hydrogens (tertiary/aromatic N) is 3. The Bertz CT molecular complexity index is 672. The van der Waals surface area contributed by atoms with Gasteiger partial charge in [-0.1, -0.05) is 0 Å². The van der Waals surface area contributed by atoms with Crippen LogP contribution in [0.2, 0.25) is 0 Å². The first-order valence-corrected chi connectivity index (χ1v) is 10.1. The molecule has 1 aromatic rings. The van der Waals surface area contributed by atoms with Crippen molar-refractivity contribution < 1.29 is 13.5 Å². The van der Waals surface area contributed by atoms with E-state index in [9.17, 15) is 8.78 Å². The summed E-state index contributed by atoms with van der Waals surface area (Å²) in [5.41, 5.74) is 0.452. The van der Waals surface area contributed by atoms with E-state index in [4.69, 9.17) is 9.73 Å². The number of halogens is 3. The fourth-order valence-electron chi connectivity index (χ4n) is 3.71. The van der Waals surface area contributed by atoms with Gasteiger partial charge in [-0.2, -0.15) is 0 Å². The molecule has 0 aliphatic carbocycles. The van der Waals surface area contributed by atoms with Gasteiger partial charge in [0.15, 0.2) is 5.96 Å². The Labute approximate surface area is 189 Å².